The molecule has 0 spiro atoms. The standard InChI is InChI=1S/C15H10BrFN2O/c1-8-2-3-10(13(17)4-8)14(20)12-7-19-15-11(12)5-9(16)6-18-15/h2-7H,1H3,(H,18,19). The summed E-state index contributed by atoms with van der Waals surface area (Å²) in [6.45, 7) is 1.78. The maximum Gasteiger partial charge on any atom is 0.198 e. The second-order valence-electron chi connectivity index (χ2n) is 4.56. The number of fused-ring (bicyclic) bond motifs is 1. The molecule has 0 fully saturated rings. The molecule has 0 saturated carbocycles. The number of rotatable bonds is 2. The first-order valence-electron chi connectivity index (χ1n) is 6.00. The summed E-state index contributed by atoms with van der Waals surface area (Å²) in [5.41, 5.74) is 1.86. The number of aryl methyl sites for hydroxylation is 1. The lowest BCUT2D eigenvalue weighted by molar-refractivity contribution is 0.103. The maximum absolute atomic E-state index is 13.9. The number of nitrogens with one attached hydrogen (secondary N) is 1. The van der Waals surface area contributed by atoms with Gasteiger partial charge in [0.25, 0.3) is 0 Å². The highest BCUT2D eigenvalue weighted by atomic mass is 79.9. The van der Waals surface area contributed by atoms with E-state index in [0.717, 1.165) is 10.0 Å². The van der Waals surface area contributed by atoms with Crippen molar-refractivity contribution in [2.24, 2.45) is 0 Å². The lowest BCUT2D eigenvalue weighted by Gasteiger charge is -2.03. The van der Waals surface area contributed by atoms with E-state index >= 15 is 0 Å². The van der Waals surface area contributed by atoms with Gasteiger partial charge in [-0.3, -0.25) is 4.79 Å². The van der Waals surface area contributed by atoms with Gasteiger partial charge in [-0.15, -0.1) is 0 Å². The second kappa shape index (κ2) is 4.83. The molecule has 0 unspecified atom stereocenters. The number of benzene rings is 1. The van der Waals surface area contributed by atoms with Crippen molar-refractivity contribution in [3.63, 3.8) is 0 Å². The summed E-state index contributed by atoms with van der Waals surface area (Å²) in [6, 6.07) is 6.38. The highest BCUT2D eigenvalue weighted by Crippen LogP contribution is 2.24. The van der Waals surface area contributed by atoms with Crippen molar-refractivity contribution in [1.29, 1.82) is 0 Å². The van der Waals surface area contributed by atoms with Gasteiger partial charge in [-0.05, 0) is 46.6 Å². The molecule has 1 aromatic carbocycles. The fourth-order valence-electron chi connectivity index (χ4n) is 2.12. The summed E-state index contributed by atoms with van der Waals surface area (Å²) in [6.07, 6.45) is 3.20. The van der Waals surface area contributed by atoms with Crippen LogP contribution in [0.5, 0.6) is 0 Å². The molecule has 0 aliphatic carbocycles. The van der Waals surface area contributed by atoms with Crippen LogP contribution in [-0.4, -0.2) is 15.8 Å². The Kier molecular flexibility index (Phi) is 3.14. The summed E-state index contributed by atoms with van der Waals surface area (Å²) >= 11 is 3.32. The van der Waals surface area contributed by atoms with Crippen LogP contribution in [0.1, 0.15) is 21.5 Å². The fourth-order valence-corrected chi connectivity index (χ4v) is 2.45. The van der Waals surface area contributed by atoms with Crippen LogP contribution in [0, 0.1) is 12.7 Å². The molecule has 3 aromatic rings. The summed E-state index contributed by atoms with van der Waals surface area (Å²) in [4.78, 5) is 19.5. The number of aromatic amines is 1. The smallest absolute Gasteiger partial charge is 0.198 e. The zero-order valence-corrected chi connectivity index (χ0v) is 12.2. The minimum absolute atomic E-state index is 0.0662. The van der Waals surface area contributed by atoms with Gasteiger partial charge in [0.1, 0.15) is 11.5 Å². The number of carbonyl (C=O) groups is 1. The first kappa shape index (κ1) is 13.0. The van der Waals surface area contributed by atoms with Gasteiger partial charge in [0.05, 0.1) is 5.56 Å². The monoisotopic (exact) mass is 332 g/mol. The molecule has 5 heteroatoms. The van der Waals surface area contributed by atoms with E-state index in [-0.39, 0.29) is 11.3 Å². The maximum atomic E-state index is 13.9. The first-order chi connectivity index (χ1) is 9.56. The summed E-state index contributed by atoms with van der Waals surface area (Å²) < 4.78 is 14.7. The Balaban J connectivity index is 2.15. The molecule has 0 radical (unpaired) electrons. The number of ketones is 1. The van der Waals surface area contributed by atoms with Gasteiger partial charge in [0.2, 0.25) is 0 Å². The SMILES string of the molecule is Cc1ccc(C(=O)c2c[nH]c3ncc(Br)cc23)c(F)c1. The number of carbonyl (C=O) groups excluding carboxylic acids is 1. The third kappa shape index (κ3) is 2.14. The van der Waals surface area contributed by atoms with Crippen LogP contribution in [0.15, 0.2) is 41.1 Å². The molecule has 0 bridgehead atoms. The second-order valence-corrected chi connectivity index (χ2v) is 5.48. The van der Waals surface area contributed by atoms with Crippen molar-refractivity contribution in [2.45, 2.75) is 6.92 Å². The van der Waals surface area contributed by atoms with Crippen molar-refractivity contribution in [1.82, 2.24) is 9.97 Å². The number of halogens is 2. The van der Waals surface area contributed by atoms with Crippen molar-refractivity contribution >= 4 is 32.7 Å². The van der Waals surface area contributed by atoms with Crippen LogP contribution in [0.3, 0.4) is 0 Å². The first-order valence-corrected chi connectivity index (χ1v) is 6.79. The molecule has 2 aromatic heterocycles. The molecule has 0 atom stereocenters. The van der Waals surface area contributed by atoms with E-state index < -0.39 is 5.82 Å². The number of nitrogens with zero attached hydrogens (tertiary/aromatic N) is 1. The Bertz CT molecular complexity index is 826. The van der Waals surface area contributed by atoms with Crippen LogP contribution in [-0.2, 0) is 0 Å². The Hall–Kier alpha value is -2.01. The van der Waals surface area contributed by atoms with Crippen molar-refractivity contribution in [3.8, 4) is 0 Å². The molecule has 0 aliphatic rings. The van der Waals surface area contributed by atoms with Gasteiger partial charge >= 0.3 is 0 Å². The third-order valence-electron chi connectivity index (χ3n) is 3.11. The molecular weight excluding hydrogens is 323 g/mol. The van der Waals surface area contributed by atoms with E-state index in [4.69, 9.17) is 0 Å². The predicted molar refractivity (Wildman–Crippen MR) is 78.4 cm³/mol. The van der Waals surface area contributed by atoms with Gasteiger partial charge < -0.3 is 4.98 Å². The molecule has 0 saturated heterocycles. The average molecular weight is 333 g/mol. The molecule has 20 heavy (non-hydrogen) atoms. The fraction of sp³-hybridized carbons (Fsp3) is 0.0667. The number of pyridine rings is 1. The van der Waals surface area contributed by atoms with E-state index in [2.05, 4.69) is 25.9 Å². The average Bonchev–Trinajstić information content (AvgIpc) is 2.81. The van der Waals surface area contributed by atoms with E-state index in [1.54, 1.807) is 31.5 Å². The Morgan fingerprint density at radius 1 is 1.30 bits per heavy atom. The van der Waals surface area contributed by atoms with Crippen molar-refractivity contribution in [3.05, 3.63) is 63.6 Å². The van der Waals surface area contributed by atoms with Crippen LogP contribution < -0.4 is 0 Å². The molecular formula is C15H10BrFN2O. The molecule has 3 rings (SSSR count). The number of aromatic nitrogens is 2. The summed E-state index contributed by atoms with van der Waals surface area (Å²) in [5, 5.41) is 0.671. The largest absolute Gasteiger partial charge is 0.345 e. The Morgan fingerprint density at radius 2 is 2.10 bits per heavy atom. The lowest BCUT2D eigenvalue weighted by atomic mass is 10.0. The third-order valence-corrected chi connectivity index (χ3v) is 3.55. The molecule has 1 N–H and O–H groups in total. The van der Waals surface area contributed by atoms with E-state index in [0.29, 0.717) is 16.6 Å². The summed E-state index contributed by atoms with van der Waals surface area (Å²) in [5.74, 6) is -0.860. The Labute approximate surface area is 123 Å². The van der Waals surface area contributed by atoms with Gasteiger partial charge in [-0.1, -0.05) is 6.07 Å². The van der Waals surface area contributed by atoms with Gasteiger partial charge in [-0.25, -0.2) is 9.37 Å². The van der Waals surface area contributed by atoms with Crippen LogP contribution in [0.2, 0.25) is 0 Å². The number of H-pyrrole nitrogens is 1. The molecule has 2 heterocycles. The lowest BCUT2D eigenvalue weighted by Crippen LogP contribution is -2.03. The van der Waals surface area contributed by atoms with E-state index in [1.807, 2.05) is 0 Å². The number of hydrogen-bond donors (Lipinski definition) is 1. The number of hydrogen-bond acceptors (Lipinski definition) is 2. The topological polar surface area (TPSA) is 45.8 Å². The zero-order valence-electron chi connectivity index (χ0n) is 10.6. The zero-order chi connectivity index (χ0) is 14.3. The van der Waals surface area contributed by atoms with Crippen LogP contribution >= 0.6 is 15.9 Å². The highest BCUT2D eigenvalue weighted by molar-refractivity contribution is 9.10. The van der Waals surface area contributed by atoms with E-state index in [9.17, 15) is 9.18 Å². The minimum Gasteiger partial charge on any atom is -0.345 e. The minimum atomic E-state index is -0.507. The van der Waals surface area contributed by atoms with Gasteiger partial charge in [0, 0.05) is 27.8 Å². The quantitative estimate of drug-likeness (QED) is 0.721. The van der Waals surface area contributed by atoms with Crippen molar-refractivity contribution in [2.75, 3.05) is 0 Å². The normalized spacial score (nSPS) is 10.9. The molecule has 0 aliphatic heterocycles. The molecule has 0 amide bonds. The van der Waals surface area contributed by atoms with E-state index in [1.165, 1.54) is 12.1 Å². The molecule has 3 nitrogen and oxygen atoms in total. The molecule has 100 valence electrons. The summed E-state index contributed by atoms with van der Waals surface area (Å²) in [7, 11) is 0. The van der Waals surface area contributed by atoms with Crippen LogP contribution in [0.4, 0.5) is 4.39 Å². The van der Waals surface area contributed by atoms with Crippen LogP contribution in [0.25, 0.3) is 11.0 Å². The van der Waals surface area contributed by atoms with Gasteiger partial charge in [0.15, 0.2) is 5.78 Å². The Morgan fingerprint density at radius 3 is 2.85 bits per heavy atom. The highest BCUT2D eigenvalue weighted by Gasteiger charge is 2.18. The van der Waals surface area contributed by atoms with Gasteiger partial charge in [-0.2, -0.15) is 0 Å². The predicted octanol–water partition coefficient (Wildman–Crippen LogP) is 4.00. The van der Waals surface area contributed by atoms with Crippen molar-refractivity contribution < 1.29 is 9.18 Å².